The zero-order valence-electron chi connectivity index (χ0n) is 10.5. The molecule has 0 aromatic carbocycles. The van der Waals surface area contributed by atoms with Crippen molar-refractivity contribution < 1.29 is 4.79 Å². The van der Waals surface area contributed by atoms with Crippen molar-refractivity contribution in [3.63, 3.8) is 0 Å². The van der Waals surface area contributed by atoms with Crippen LogP contribution in [0.5, 0.6) is 0 Å². The quantitative estimate of drug-likeness (QED) is 0.752. The number of carbonyl (C=O) groups excluding carboxylic acids is 1. The third kappa shape index (κ3) is 3.38. The van der Waals surface area contributed by atoms with Gasteiger partial charge in [0.25, 0.3) is 0 Å². The molecule has 1 amide bonds. The van der Waals surface area contributed by atoms with Gasteiger partial charge in [0.15, 0.2) is 0 Å². The standard InChI is InChI=1S/C13H24N2OS/c16-13(14-8-10-17)12-7-3-4-9-15(12)11-5-1-2-6-11/h11-12,17H,1-10H2,(H,14,16). The summed E-state index contributed by atoms with van der Waals surface area (Å²) in [6, 6.07) is 0.800. The number of carbonyl (C=O) groups is 1. The van der Waals surface area contributed by atoms with Gasteiger partial charge in [-0.05, 0) is 32.2 Å². The molecule has 98 valence electrons. The summed E-state index contributed by atoms with van der Waals surface area (Å²) in [4.78, 5) is 14.6. The van der Waals surface area contributed by atoms with E-state index >= 15 is 0 Å². The van der Waals surface area contributed by atoms with Crippen molar-refractivity contribution in [1.29, 1.82) is 0 Å². The van der Waals surface area contributed by atoms with E-state index in [0.29, 0.717) is 12.6 Å². The first kappa shape index (κ1) is 13.2. The van der Waals surface area contributed by atoms with Gasteiger partial charge in [0, 0.05) is 18.3 Å². The Balaban J connectivity index is 1.93. The first-order chi connectivity index (χ1) is 8.33. The largest absolute Gasteiger partial charge is 0.354 e. The van der Waals surface area contributed by atoms with Crippen LogP contribution in [0.2, 0.25) is 0 Å². The number of thiol groups is 1. The Labute approximate surface area is 110 Å². The Kier molecular flexibility index (Phi) is 5.16. The minimum Gasteiger partial charge on any atom is -0.354 e. The van der Waals surface area contributed by atoms with Crippen LogP contribution in [-0.2, 0) is 4.79 Å². The first-order valence-corrected chi connectivity index (χ1v) is 7.60. The number of hydrogen-bond acceptors (Lipinski definition) is 3. The van der Waals surface area contributed by atoms with Crippen LogP contribution in [0.15, 0.2) is 0 Å². The molecule has 1 saturated carbocycles. The number of amides is 1. The molecule has 2 fully saturated rings. The smallest absolute Gasteiger partial charge is 0.237 e. The number of piperidine rings is 1. The van der Waals surface area contributed by atoms with E-state index in [0.717, 1.165) is 18.7 Å². The van der Waals surface area contributed by atoms with Crippen molar-refractivity contribution in [1.82, 2.24) is 10.2 Å². The van der Waals surface area contributed by atoms with Crippen LogP contribution in [0.1, 0.15) is 44.9 Å². The van der Waals surface area contributed by atoms with Crippen molar-refractivity contribution in [3.8, 4) is 0 Å². The molecule has 1 unspecified atom stereocenters. The van der Waals surface area contributed by atoms with Crippen LogP contribution in [0.4, 0.5) is 0 Å². The molecule has 0 aromatic rings. The predicted octanol–water partition coefficient (Wildman–Crippen LogP) is 1.83. The van der Waals surface area contributed by atoms with E-state index in [2.05, 4.69) is 22.8 Å². The lowest BCUT2D eigenvalue weighted by Gasteiger charge is -2.38. The second kappa shape index (κ2) is 6.64. The Hall–Kier alpha value is -0.220. The third-order valence-corrected chi connectivity index (χ3v) is 4.28. The zero-order chi connectivity index (χ0) is 12.1. The highest BCUT2D eigenvalue weighted by molar-refractivity contribution is 7.80. The minimum atomic E-state index is 0.131. The van der Waals surface area contributed by atoms with Crippen LogP contribution in [0, 0.1) is 0 Å². The molecule has 0 radical (unpaired) electrons. The summed E-state index contributed by atoms with van der Waals surface area (Å²) in [5.74, 6) is 0.952. The maximum Gasteiger partial charge on any atom is 0.237 e. The molecule has 1 heterocycles. The number of nitrogens with one attached hydrogen (secondary N) is 1. The summed E-state index contributed by atoms with van der Waals surface area (Å²) in [6.45, 7) is 1.81. The molecule has 2 aliphatic rings. The SMILES string of the molecule is O=C(NCCS)C1CCCCN1C1CCCC1. The molecule has 0 bridgehead atoms. The van der Waals surface area contributed by atoms with E-state index in [1.54, 1.807) is 0 Å². The maximum absolute atomic E-state index is 12.1. The lowest BCUT2D eigenvalue weighted by Crippen LogP contribution is -2.53. The van der Waals surface area contributed by atoms with E-state index in [1.807, 2.05) is 0 Å². The van der Waals surface area contributed by atoms with Gasteiger partial charge >= 0.3 is 0 Å². The normalized spacial score (nSPS) is 27.2. The van der Waals surface area contributed by atoms with Crippen molar-refractivity contribution in [2.75, 3.05) is 18.8 Å². The topological polar surface area (TPSA) is 32.3 Å². The fourth-order valence-corrected chi connectivity index (χ4v) is 3.32. The Morgan fingerprint density at radius 3 is 2.59 bits per heavy atom. The number of rotatable bonds is 4. The molecule has 4 heteroatoms. The van der Waals surface area contributed by atoms with Crippen molar-refractivity contribution >= 4 is 18.5 Å². The van der Waals surface area contributed by atoms with Gasteiger partial charge in [-0.1, -0.05) is 19.3 Å². The van der Waals surface area contributed by atoms with E-state index in [9.17, 15) is 4.79 Å². The van der Waals surface area contributed by atoms with Crippen molar-refractivity contribution in [2.45, 2.75) is 57.0 Å². The third-order valence-electron chi connectivity index (χ3n) is 4.05. The minimum absolute atomic E-state index is 0.131. The molecule has 1 aliphatic heterocycles. The van der Waals surface area contributed by atoms with Gasteiger partial charge in [0.1, 0.15) is 0 Å². The van der Waals surface area contributed by atoms with Gasteiger partial charge in [-0.25, -0.2) is 0 Å². The van der Waals surface area contributed by atoms with Gasteiger partial charge in [0.2, 0.25) is 5.91 Å². The highest BCUT2D eigenvalue weighted by Gasteiger charge is 2.34. The monoisotopic (exact) mass is 256 g/mol. The second-order valence-electron chi connectivity index (χ2n) is 5.20. The van der Waals surface area contributed by atoms with Crippen LogP contribution in [0.25, 0.3) is 0 Å². The van der Waals surface area contributed by atoms with Crippen LogP contribution in [-0.4, -0.2) is 41.7 Å². The highest BCUT2D eigenvalue weighted by atomic mass is 32.1. The van der Waals surface area contributed by atoms with Crippen molar-refractivity contribution in [3.05, 3.63) is 0 Å². The fourth-order valence-electron chi connectivity index (χ4n) is 3.21. The number of nitrogens with zero attached hydrogens (tertiary/aromatic N) is 1. The van der Waals surface area contributed by atoms with E-state index in [4.69, 9.17) is 0 Å². The molecule has 0 aromatic heterocycles. The van der Waals surface area contributed by atoms with Gasteiger partial charge in [-0.2, -0.15) is 12.6 Å². The lowest BCUT2D eigenvalue weighted by molar-refractivity contribution is -0.128. The molecular formula is C13H24N2OS. The van der Waals surface area contributed by atoms with E-state index in [-0.39, 0.29) is 11.9 Å². The summed E-state index contributed by atoms with van der Waals surface area (Å²) >= 11 is 4.14. The van der Waals surface area contributed by atoms with Gasteiger partial charge in [-0.15, -0.1) is 0 Å². The van der Waals surface area contributed by atoms with E-state index in [1.165, 1.54) is 38.5 Å². The molecule has 3 nitrogen and oxygen atoms in total. The second-order valence-corrected chi connectivity index (χ2v) is 5.65. The molecule has 1 atom stereocenters. The zero-order valence-corrected chi connectivity index (χ0v) is 11.4. The summed E-state index contributed by atoms with van der Waals surface area (Å²) in [7, 11) is 0. The van der Waals surface area contributed by atoms with Crippen LogP contribution in [0.3, 0.4) is 0 Å². The van der Waals surface area contributed by atoms with Crippen LogP contribution >= 0.6 is 12.6 Å². The van der Waals surface area contributed by atoms with Gasteiger partial charge in [0.05, 0.1) is 6.04 Å². The van der Waals surface area contributed by atoms with Gasteiger partial charge in [-0.3, -0.25) is 9.69 Å². The first-order valence-electron chi connectivity index (χ1n) is 6.97. The van der Waals surface area contributed by atoms with E-state index < -0.39 is 0 Å². The maximum atomic E-state index is 12.1. The van der Waals surface area contributed by atoms with Gasteiger partial charge < -0.3 is 5.32 Å². The Bertz CT molecular complexity index is 254. The molecule has 1 aliphatic carbocycles. The molecular weight excluding hydrogens is 232 g/mol. The highest BCUT2D eigenvalue weighted by Crippen LogP contribution is 2.29. The summed E-state index contributed by atoms with van der Waals surface area (Å²) in [5, 5.41) is 3.00. The molecule has 1 saturated heterocycles. The van der Waals surface area contributed by atoms with Crippen LogP contribution < -0.4 is 5.32 Å². The summed E-state index contributed by atoms with van der Waals surface area (Å²) in [5.41, 5.74) is 0. The molecule has 0 spiro atoms. The molecule has 2 rings (SSSR count). The Morgan fingerprint density at radius 2 is 1.88 bits per heavy atom. The average molecular weight is 256 g/mol. The molecule has 1 N–H and O–H groups in total. The summed E-state index contributed by atoms with van der Waals surface area (Å²) in [6.07, 6.45) is 8.74. The fraction of sp³-hybridized carbons (Fsp3) is 0.923. The number of hydrogen-bond donors (Lipinski definition) is 2. The molecule has 17 heavy (non-hydrogen) atoms. The lowest BCUT2D eigenvalue weighted by atomic mass is 9.98. The number of likely N-dealkylation sites (tertiary alicyclic amines) is 1. The summed E-state index contributed by atoms with van der Waals surface area (Å²) < 4.78 is 0. The average Bonchev–Trinajstić information content (AvgIpc) is 2.89. The van der Waals surface area contributed by atoms with Crippen molar-refractivity contribution in [2.24, 2.45) is 0 Å². The predicted molar refractivity (Wildman–Crippen MR) is 73.5 cm³/mol. The Morgan fingerprint density at radius 1 is 1.18 bits per heavy atom.